The van der Waals surface area contributed by atoms with Crippen LogP contribution in [0.15, 0.2) is 42.6 Å². The van der Waals surface area contributed by atoms with E-state index in [2.05, 4.69) is 10.3 Å². The van der Waals surface area contributed by atoms with Gasteiger partial charge >= 0.3 is 0 Å². The van der Waals surface area contributed by atoms with Gasteiger partial charge in [0.2, 0.25) is 0 Å². The first kappa shape index (κ1) is 18.9. The second-order valence-corrected chi connectivity index (χ2v) is 7.61. The normalized spacial score (nSPS) is 22.2. The van der Waals surface area contributed by atoms with Crippen LogP contribution in [0.4, 0.5) is 10.2 Å². The first-order valence-electron chi connectivity index (χ1n) is 10.0. The molecule has 2 heterocycles. The fraction of sp³-hybridized carbons (Fsp3) is 0.455. The number of rotatable bonds is 5. The zero-order valence-electron chi connectivity index (χ0n) is 15.9. The summed E-state index contributed by atoms with van der Waals surface area (Å²) in [7, 11) is 0. The van der Waals surface area contributed by atoms with E-state index in [-0.39, 0.29) is 11.7 Å². The van der Waals surface area contributed by atoms with Crippen molar-refractivity contribution in [1.82, 2.24) is 9.88 Å². The Hall–Kier alpha value is -2.47. The molecule has 1 aromatic carbocycles. The number of amides is 1. The van der Waals surface area contributed by atoms with Crippen molar-refractivity contribution in [1.29, 1.82) is 0 Å². The highest BCUT2D eigenvalue weighted by Gasteiger charge is 2.27. The Balaban J connectivity index is 1.36. The summed E-state index contributed by atoms with van der Waals surface area (Å²) < 4.78 is 18.4. The Morgan fingerprint density at radius 3 is 2.64 bits per heavy atom. The van der Waals surface area contributed by atoms with E-state index in [1.807, 2.05) is 29.2 Å². The maximum atomic E-state index is 13.1. The number of ether oxygens (including phenoxy) is 1. The highest BCUT2D eigenvalue weighted by molar-refractivity contribution is 5.94. The summed E-state index contributed by atoms with van der Waals surface area (Å²) in [5, 5.41) is 3.54. The molecule has 1 saturated carbocycles. The molecule has 2 aliphatic rings. The highest BCUT2D eigenvalue weighted by Crippen LogP contribution is 2.31. The fourth-order valence-corrected chi connectivity index (χ4v) is 4.14. The molecule has 2 aromatic rings. The molecule has 0 unspecified atom stereocenters. The number of nitrogens with one attached hydrogen (secondary N) is 1. The van der Waals surface area contributed by atoms with Crippen LogP contribution in [0.3, 0.4) is 0 Å². The first-order valence-corrected chi connectivity index (χ1v) is 10.0. The summed E-state index contributed by atoms with van der Waals surface area (Å²) >= 11 is 0. The summed E-state index contributed by atoms with van der Waals surface area (Å²) in [5.41, 5.74) is 1.78. The zero-order valence-corrected chi connectivity index (χ0v) is 15.9. The van der Waals surface area contributed by atoms with E-state index in [1.165, 1.54) is 24.1 Å². The van der Waals surface area contributed by atoms with Crippen molar-refractivity contribution in [3.8, 4) is 0 Å². The van der Waals surface area contributed by atoms with Crippen molar-refractivity contribution >= 4 is 11.7 Å². The van der Waals surface area contributed by atoms with Crippen molar-refractivity contribution in [3.63, 3.8) is 0 Å². The second-order valence-electron chi connectivity index (χ2n) is 7.61. The predicted octanol–water partition coefficient (Wildman–Crippen LogP) is 3.52. The van der Waals surface area contributed by atoms with Gasteiger partial charge in [0.15, 0.2) is 0 Å². The van der Waals surface area contributed by atoms with Crippen LogP contribution in [-0.4, -0.2) is 48.1 Å². The molecule has 2 atom stereocenters. The molecule has 1 aliphatic carbocycles. The van der Waals surface area contributed by atoms with E-state index in [9.17, 15) is 9.18 Å². The van der Waals surface area contributed by atoms with Gasteiger partial charge in [-0.1, -0.05) is 18.6 Å². The number of halogens is 1. The molecule has 1 aliphatic heterocycles. The van der Waals surface area contributed by atoms with Crippen LogP contribution < -0.4 is 5.32 Å². The summed E-state index contributed by atoms with van der Waals surface area (Å²) in [6.07, 6.45) is 6.03. The van der Waals surface area contributed by atoms with Crippen LogP contribution >= 0.6 is 0 Å². The molecule has 4 rings (SSSR count). The lowest BCUT2D eigenvalue weighted by Crippen LogP contribution is -2.40. The predicted molar refractivity (Wildman–Crippen MR) is 106 cm³/mol. The molecular formula is C22H26FN3O2. The number of anilines is 1. The maximum absolute atomic E-state index is 13.1. The van der Waals surface area contributed by atoms with E-state index >= 15 is 0 Å². The first-order chi connectivity index (χ1) is 13.7. The number of hydrogen-bond acceptors (Lipinski definition) is 4. The number of hydrogen-bond donors (Lipinski definition) is 1. The summed E-state index contributed by atoms with van der Waals surface area (Å²) in [4.78, 5) is 18.8. The lowest BCUT2D eigenvalue weighted by molar-refractivity contribution is 0.0302. The molecular weight excluding hydrogens is 357 g/mol. The number of morpholine rings is 1. The number of carbonyl (C=O) groups excluding carboxylic acids is 1. The Bertz CT molecular complexity index is 788. The smallest absolute Gasteiger partial charge is 0.255 e. The SMILES string of the molecule is O=C(c1ccc(N[C@H]2CCC[C@H]2Cc2ccc(F)cc2)nc1)N1CCOCC1. The van der Waals surface area contributed by atoms with Gasteiger partial charge < -0.3 is 15.0 Å². The Morgan fingerprint density at radius 2 is 1.93 bits per heavy atom. The zero-order chi connectivity index (χ0) is 19.3. The number of carbonyl (C=O) groups is 1. The second kappa shape index (κ2) is 8.69. The minimum absolute atomic E-state index is 0.0115. The lowest BCUT2D eigenvalue weighted by atomic mass is 9.94. The van der Waals surface area contributed by atoms with Crippen LogP contribution in [-0.2, 0) is 11.2 Å². The Kier molecular flexibility index (Phi) is 5.86. The molecule has 0 spiro atoms. The number of aromatic nitrogens is 1. The third-order valence-corrected chi connectivity index (χ3v) is 5.71. The third-order valence-electron chi connectivity index (χ3n) is 5.71. The molecule has 148 valence electrons. The minimum Gasteiger partial charge on any atom is -0.378 e. The van der Waals surface area contributed by atoms with Gasteiger partial charge in [-0.2, -0.15) is 0 Å². The standard InChI is InChI=1S/C22H26FN3O2/c23-19-7-4-16(5-8-19)14-17-2-1-3-20(17)25-21-9-6-18(15-24-21)22(27)26-10-12-28-13-11-26/h4-9,15,17,20H,1-3,10-14H2,(H,24,25)/t17-,20-/m0/s1. The van der Waals surface area contributed by atoms with E-state index in [1.54, 1.807) is 6.20 Å². The molecule has 0 radical (unpaired) electrons. The lowest BCUT2D eigenvalue weighted by Gasteiger charge is -2.27. The van der Waals surface area contributed by atoms with Crippen LogP contribution in [0.25, 0.3) is 0 Å². The van der Waals surface area contributed by atoms with Crippen molar-refractivity contribution in [2.75, 3.05) is 31.6 Å². The van der Waals surface area contributed by atoms with Gasteiger partial charge in [-0.25, -0.2) is 9.37 Å². The van der Waals surface area contributed by atoms with Gasteiger partial charge in [-0.05, 0) is 55.0 Å². The van der Waals surface area contributed by atoms with Gasteiger partial charge in [0, 0.05) is 25.3 Å². The van der Waals surface area contributed by atoms with E-state index in [0.29, 0.717) is 43.8 Å². The summed E-state index contributed by atoms with van der Waals surface area (Å²) in [6, 6.07) is 10.9. The average Bonchev–Trinajstić information content (AvgIpc) is 3.17. The van der Waals surface area contributed by atoms with Crippen LogP contribution in [0.5, 0.6) is 0 Å². The van der Waals surface area contributed by atoms with Crippen molar-refractivity contribution < 1.29 is 13.9 Å². The van der Waals surface area contributed by atoms with Crippen LogP contribution in [0, 0.1) is 11.7 Å². The average molecular weight is 383 g/mol. The Morgan fingerprint density at radius 1 is 1.14 bits per heavy atom. The minimum atomic E-state index is -0.194. The van der Waals surface area contributed by atoms with Crippen molar-refractivity contribution in [2.45, 2.75) is 31.7 Å². The van der Waals surface area contributed by atoms with E-state index < -0.39 is 0 Å². The molecule has 0 bridgehead atoms. The Labute approximate surface area is 164 Å². The molecule has 1 saturated heterocycles. The number of nitrogens with zero attached hydrogens (tertiary/aromatic N) is 2. The molecule has 1 N–H and O–H groups in total. The summed E-state index contributed by atoms with van der Waals surface area (Å²) in [6.45, 7) is 2.45. The molecule has 5 nitrogen and oxygen atoms in total. The van der Waals surface area contributed by atoms with Crippen LogP contribution in [0.2, 0.25) is 0 Å². The third kappa shape index (κ3) is 4.50. The van der Waals surface area contributed by atoms with E-state index in [0.717, 1.165) is 25.1 Å². The largest absolute Gasteiger partial charge is 0.378 e. The molecule has 1 aromatic heterocycles. The van der Waals surface area contributed by atoms with Gasteiger partial charge in [-0.15, -0.1) is 0 Å². The fourth-order valence-electron chi connectivity index (χ4n) is 4.14. The maximum Gasteiger partial charge on any atom is 0.255 e. The number of pyridine rings is 1. The van der Waals surface area contributed by atoms with Gasteiger partial charge in [-0.3, -0.25) is 4.79 Å². The molecule has 28 heavy (non-hydrogen) atoms. The molecule has 1 amide bonds. The van der Waals surface area contributed by atoms with Crippen molar-refractivity contribution in [2.24, 2.45) is 5.92 Å². The van der Waals surface area contributed by atoms with E-state index in [4.69, 9.17) is 4.74 Å². The molecule has 2 fully saturated rings. The topological polar surface area (TPSA) is 54.5 Å². The van der Waals surface area contributed by atoms with Crippen LogP contribution in [0.1, 0.15) is 35.2 Å². The van der Waals surface area contributed by atoms with Gasteiger partial charge in [0.05, 0.1) is 18.8 Å². The summed E-state index contributed by atoms with van der Waals surface area (Å²) in [5.74, 6) is 1.12. The number of benzene rings is 1. The quantitative estimate of drug-likeness (QED) is 0.858. The molecule has 6 heteroatoms. The van der Waals surface area contributed by atoms with Crippen molar-refractivity contribution in [3.05, 3.63) is 59.5 Å². The van der Waals surface area contributed by atoms with Gasteiger partial charge in [0.25, 0.3) is 5.91 Å². The highest BCUT2D eigenvalue weighted by atomic mass is 19.1. The van der Waals surface area contributed by atoms with Gasteiger partial charge in [0.1, 0.15) is 11.6 Å². The monoisotopic (exact) mass is 383 g/mol.